The van der Waals surface area contributed by atoms with Gasteiger partial charge in [-0.1, -0.05) is 25.6 Å². The van der Waals surface area contributed by atoms with Gasteiger partial charge in [0.05, 0.1) is 18.6 Å². The molecule has 2 heterocycles. The van der Waals surface area contributed by atoms with Crippen LogP contribution in [0.25, 0.3) is 0 Å². The average Bonchev–Trinajstić information content (AvgIpc) is 2.99. The first-order valence-corrected chi connectivity index (χ1v) is 8.66. The van der Waals surface area contributed by atoms with E-state index in [9.17, 15) is 4.79 Å². The third-order valence-electron chi connectivity index (χ3n) is 3.69. The number of aryl methyl sites for hydroxylation is 2. The number of imidazole rings is 1. The maximum absolute atomic E-state index is 11.6. The molecule has 0 saturated carbocycles. The molecule has 0 amide bonds. The number of esters is 1. The number of hydrogen-bond acceptors (Lipinski definition) is 5. The quantitative estimate of drug-likeness (QED) is 0.586. The third kappa shape index (κ3) is 3.99. The van der Waals surface area contributed by atoms with E-state index in [1.165, 1.54) is 12.8 Å². The molecule has 6 heteroatoms. The van der Waals surface area contributed by atoms with Gasteiger partial charge >= 0.3 is 5.97 Å². The van der Waals surface area contributed by atoms with Crippen molar-refractivity contribution < 1.29 is 13.9 Å². The van der Waals surface area contributed by atoms with Gasteiger partial charge < -0.3 is 13.7 Å². The zero-order valence-corrected chi connectivity index (χ0v) is 15.4. The maximum atomic E-state index is 11.6. The normalized spacial score (nSPS) is 11.3. The first kappa shape index (κ1) is 17.7. The van der Waals surface area contributed by atoms with E-state index >= 15 is 0 Å². The van der Waals surface area contributed by atoms with E-state index < -0.39 is 0 Å². The molecule has 2 aromatic heterocycles. The molecule has 0 unspecified atom stereocenters. The molecule has 5 nitrogen and oxygen atoms in total. The van der Waals surface area contributed by atoms with Gasteiger partial charge in [-0.05, 0) is 32.8 Å². The number of carbonyl (C=O) groups excluding carboxylic acids is 1. The third-order valence-corrected chi connectivity index (χ3v) is 4.69. The number of furan rings is 1. The van der Waals surface area contributed by atoms with E-state index in [-0.39, 0.29) is 5.97 Å². The Labute approximate surface area is 141 Å². The van der Waals surface area contributed by atoms with Gasteiger partial charge in [0.2, 0.25) is 0 Å². The Hall–Kier alpha value is -1.69. The number of carbonyl (C=O) groups is 1. The molecule has 0 bridgehead atoms. The number of rotatable bonds is 6. The number of ether oxygens (including phenoxy) is 1. The van der Waals surface area contributed by atoms with E-state index in [2.05, 4.69) is 30.3 Å². The summed E-state index contributed by atoms with van der Waals surface area (Å²) in [6.45, 7) is 11.2. The summed E-state index contributed by atoms with van der Waals surface area (Å²) < 4.78 is 12.7. The van der Waals surface area contributed by atoms with Crippen LogP contribution in [-0.2, 0) is 17.0 Å². The van der Waals surface area contributed by atoms with Crippen LogP contribution in [0.3, 0.4) is 0 Å². The van der Waals surface area contributed by atoms with Gasteiger partial charge in [0.15, 0.2) is 5.16 Å². The molecular weight excluding hydrogens is 312 g/mol. The fraction of sp³-hybridized carbons (Fsp3) is 0.529. The van der Waals surface area contributed by atoms with Crippen LogP contribution in [-0.4, -0.2) is 22.6 Å². The van der Waals surface area contributed by atoms with Crippen molar-refractivity contribution in [3.63, 3.8) is 0 Å². The number of aromatic nitrogens is 2. The second-order valence-corrected chi connectivity index (χ2v) is 6.97. The zero-order valence-electron chi connectivity index (χ0n) is 14.6. The van der Waals surface area contributed by atoms with E-state index in [0.717, 1.165) is 23.2 Å². The van der Waals surface area contributed by atoms with Gasteiger partial charge in [-0.3, -0.25) is 0 Å². The minimum Gasteiger partial charge on any atom is -0.465 e. The van der Waals surface area contributed by atoms with Crippen LogP contribution in [0.5, 0.6) is 0 Å². The molecular formula is C17H24N2O3S. The fourth-order valence-corrected chi connectivity index (χ4v) is 3.36. The highest BCUT2D eigenvalue weighted by molar-refractivity contribution is 7.98. The molecule has 0 aliphatic rings. The zero-order chi connectivity index (χ0) is 17.1. The Bertz CT molecular complexity index is 701. The van der Waals surface area contributed by atoms with Crippen molar-refractivity contribution in [2.24, 2.45) is 5.92 Å². The Kier molecular flexibility index (Phi) is 5.57. The predicted molar refractivity (Wildman–Crippen MR) is 90.9 cm³/mol. The molecule has 0 aliphatic carbocycles. The highest BCUT2D eigenvalue weighted by atomic mass is 32.2. The maximum Gasteiger partial charge on any atom is 0.341 e. The minimum absolute atomic E-state index is 0.365. The summed E-state index contributed by atoms with van der Waals surface area (Å²) >= 11 is 1.62. The fourth-order valence-electron chi connectivity index (χ4n) is 2.38. The van der Waals surface area contributed by atoms with Crippen molar-refractivity contribution in [3.05, 3.63) is 34.5 Å². The molecule has 0 N–H and O–H groups in total. The van der Waals surface area contributed by atoms with E-state index in [1.54, 1.807) is 24.8 Å². The molecule has 0 radical (unpaired) electrons. The van der Waals surface area contributed by atoms with Gasteiger partial charge in [0.25, 0.3) is 0 Å². The smallest absolute Gasteiger partial charge is 0.341 e. The van der Waals surface area contributed by atoms with Crippen molar-refractivity contribution in [2.75, 3.05) is 7.11 Å². The van der Waals surface area contributed by atoms with E-state index in [1.807, 2.05) is 6.92 Å². The molecule has 0 spiro atoms. The largest absolute Gasteiger partial charge is 0.465 e. The SMILES string of the molecule is COC(=O)c1cc(CSc2nc(C)c(C)n2CC(C)C)oc1C. The summed E-state index contributed by atoms with van der Waals surface area (Å²) in [6, 6.07) is 1.75. The van der Waals surface area contributed by atoms with E-state index in [0.29, 0.717) is 23.0 Å². The Morgan fingerprint density at radius 3 is 2.70 bits per heavy atom. The van der Waals surface area contributed by atoms with Crippen LogP contribution in [0.15, 0.2) is 15.6 Å². The lowest BCUT2D eigenvalue weighted by Gasteiger charge is -2.11. The Balaban J connectivity index is 2.15. The topological polar surface area (TPSA) is 57.3 Å². The highest BCUT2D eigenvalue weighted by Crippen LogP contribution is 2.27. The Morgan fingerprint density at radius 1 is 1.39 bits per heavy atom. The number of thioether (sulfide) groups is 1. The summed E-state index contributed by atoms with van der Waals surface area (Å²) in [7, 11) is 1.37. The molecule has 0 aromatic carbocycles. The second-order valence-electron chi connectivity index (χ2n) is 6.03. The molecule has 2 aromatic rings. The molecule has 23 heavy (non-hydrogen) atoms. The lowest BCUT2D eigenvalue weighted by Crippen LogP contribution is -2.07. The number of hydrogen-bond donors (Lipinski definition) is 0. The monoisotopic (exact) mass is 336 g/mol. The number of nitrogens with zero attached hydrogens (tertiary/aromatic N) is 2. The van der Waals surface area contributed by atoms with Crippen molar-refractivity contribution in [2.45, 2.75) is 52.1 Å². The minimum atomic E-state index is -0.365. The molecule has 0 saturated heterocycles. The van der Waals surface area contributed by atoms with Crippen LogP contribution >= 0.6 is 11.8 Å². The molecule has 0 atom stereocenters. The molecule has 126 valence electrons. The second kappa shape index (κ2) is 7.25. The lowest BCUT2D eigenvalue weighted by molar-refractivity contribution is 0.0599. The lowest BCUT2D eigenvalue weighted by atomic mass is 10.2. The van der Waals surface area contributed by atoms with Crippen LogP contribution in [0.1, 0.15) is 47.1 Å². The van der Waals surface area contributed by atoms with Crippen LogP contribution in [0.4, 0.5) is 0 Å². The van der Waals surface area contributed by atoms with Crippen molar-refractivity contribution in [3.8, 4) is 0 Å². The van der Waals surface area contributed by atoms with Crippen molar-refractivity contribution >= 4 is 17.7 Å². The van der Waals surface area contributed by atoms with E-state index in [4.69, 9.17) is 9.15 Å². The van der Waals surface area contributed by atoms with Crippen LogP contribution in [0.2, 0.25) is 0 Å². The van der Waals surface area contributed by atoms with Gasteiger partial charge in [-0.2, -0.15) is 0 Å². The van der Waals surface area contributed by atoms with Gasteiger partial charge in [-0.15, -0.1) is 0 Å². The van der Waals surface area contributed by atoms with Crippen molar-refractivity contribution in [1.29, 1.82) is 0 Å². The van der Waals surface area contributed by atoms with Crippen LogP contribution in [0, 0.1) is 26.7 Å². The first-order valence-electron chi connectivity index (χ1n) is 7.67. The first-order chi connectivity index (χ1) is 10.8. The molecule has 2 rings (SSSR count). The molecule has 0 aliphatic heterocycles. The average molecular weight is 336 g/mol. The molecule has 0 fully saturated rings. The summed E-state index contributed by atoms with van der Waals surface area (Å²) in [5.74, 6) is 2.16. The van der Waals surface area contributed by atoms with Crippen LogP contribution < -0.4 is 0 Å². The van der Waals surface area contributed by atoms with Crippen molar-refractivity contribution in [1.82, 2.24) is 9.55 Å². The highest BCUT2D eigenvalue weighted by Gasteiger charge is 2.17. The van der Waals surface area contributed by atoms with Gasteiger partial charge in [0.1, 0.15) is 17.1 Å². The Morgan fingerprint density at radius 2 is 2.09 bits per heavy atom. The predicted octanol–water partition coefficient (Wildman–Crippen LogP) is 4.14. The summed E-state index contributed by atoms with van der Waals surface area (Å²) in [5, 5.41) is 0.988. The summed E-state index contributed by atoms with van der Waals surface area (Å²) in [6.07, 6.45) is 0. The van der Waals surface area contributed by atoms with Gasteiger partial charge in [0, 0.05) is 12.2 Å². The number of methoxy groups -OCH3 is 1. The summed E-state index contributed by atoms with van der Waals surface area (Å²) in [4.78, 5) is 16.3. The summed E-state index contributed by atoms with van der Waals surface area (Å²) in [5.41, 5.74) is 2.74. The standard InChI is InChI=1S/C17H24N2O3S/c1-10(2)8-19-12(4)11(3)18-17(19)23-9-14-7-15(13(5)22-14)16(20)21-6/h7,10H,8-9H2,1-6H3. The van der Waals surface area contributed by atoms with Gasteiger partial charge in [-0.25, -0.2) is 9.78 Å².